The number of halogens is 1. The van der Waals surface area contributed by atoms with Crippen LogP contribution in [0.25, 0.3) is 0 Å². The van der Waals surface area contributed by atoms with E-state index in [1.54, 1.807) is 0 Å². The second-order valence-corrected chi connectivity index (χ2v) is 6.63. The van der Waals surface area contributed by atoms with Gasteiger partial charge in [0.1, 0.15) is 6.10 Å². The summed E-state index contributed by atoms with van der Waals surface area (Å²) in [6.45, 7) is 6.58. The summed E-state index contributed by atoms with van der Waals surface area (Å²) in [5.74, 6) is 0.00158. The summed E-state index contributed by atoms with van der Waals surface area (Å²) in [5.41, 5.74) is 2.79. The van der Waals surface area contributed by atoms with Gasteiger partial charge in [0.15, 0.2) is 0 Å². The number of morpholine rings is 1. The van der Waals surface area contributed by atoms with Crippen LogP contribution in [-0.2, 0) is 14.9 Å². The van der Waals surface area contributed by atoms with Crippen molar-refractivity contribution in [3.63, 3.8) is 0 Å². The molecule has 2 aliphatic rings. The van der Waals surface area contributed by atoms with E-state index >= 15 is 0 Å². The molecule has 1 amide bonds. The van der Waals surface area contributed by atoms with Crippen LogP contribution in [0.5, 0.6) is 0 Å². The molecule has 22 heavy (non-hydrogen) atoms. The molecule has 1 saturated heterocycles. The third kappa shape index (κ3) is 3.45. The maximum atomic E-state index is 12.4. The number of nitrogens with one attached hydrogen (secondary N) is 2. The average molecular weight is 325 g/mol. The summed E-state index contributed by atoms with van der Waals surface area (Å²) in [4.78, 5) is 12.4. The van der Waals surface area contributed by atoms with Crippen LogP contribution < -0.4 is 10.6 Å². The second kappa shape index (κ2) is 6.99. The van der Waals surface area contributed by atoms with Crippen LogP contribution in [0.15, 0.2) is 24.3 Å². The van der Waals surface area contributed by atoms with Gasteiger partial charge in [0.05, 0.1) is 12.6 Å². The largest absolute Gasteiger partial charge is 0.366 e. The van der Waals surface area contributed by atoms with Crippen LogP contribution in [0, 0.1) is 0 Å². The lowest BCUT2D eigenvalue weighted by molar-refractivity contribution is -0.135. The predicted molar refractivity (Wildman–Crippen MR) is 89.4 cm³/mol. The number of ether oxygens (including phenoxy) is 1. The molecule has 1 aliphatic carbocycles. The zero-order chi connectivity index (χ0) is 14.9. The molecular formula is C17H25ClN2O2. The molecule has 0 bridgehead atoms. The van der Waals surface area contributed by atoms with Gasteiger partial charge in [0.25, 0.3) is 5.91 Å². The first-order chi connectivity index (χ1) is 10.1. The molecule has 1 fully saturated rings. The minimum absolute atomic E-state index is 0. The Kier molecular flexibility index (Phi) is 5.48. The van der Waals surface area contributed by atoms with Gasteiger partial charge in [-0.2, -0.15) is 0 Å². The molecule has 2 unspecified atom stereocenters. The van der Waals surface area contributed by atoms with Crippen LogP contribution in [0.4, 0.5) is 0 Å². The van der Waals surface area contributed by atoms with Crippen LogP contribution in [0.1, 0.15) is 43.9 Å². The maximum Gasteiger partial charge on any atom is 0.250 e. The molecule has 4 nitrogen and oxygen atoms in total. The molecule has 3 rings (SSSR count). The lowest BCUT2D eigenvalue weighted by atomic mass is 9.71. The number of hydrogen-bond donors (Lipinski definition) is 2. The molecule has 0 saturated carbocycles. The lowest BCUT2D eigenvalue weighted by Gasteiger charge is -2.38. The van der Waals surface area contributed by atoms with E-state index in [9.17, 15) is 4.79 Å². The summed E-state index contributed by atoms with van der Waals surface area (Å²) in [6.07, 6.45) is 1.70. The molecular weight excluding hydrogens is 300 g/mol. The third-order valence-corrected chi connectivity index (χ3v) is 4.66. The highest BCUT2D eigenvalue weighted by Crippen LogP contribution is 2.41. The number of hydrogen-bond acceptors (Lipinski definition) is 3. The predicted octanol–water partition coefficient (Wildman–Crippen LogP) is 2.33. The number of amides is 1. The first-order valence-corrected chi connectivity index (χ1v) is 7.80. The SMILES string of the molecule is CC1(C)CCC(NC(=O)C2CNCCO2)c2ccccc21.Cl. The molecule has 1 heterocycles. The first-order valence-electron chi connectivity index (χ1n) is 7.80. The molecule has 2 atom stereocenters. The van der Waals surface area contributed by atoms with Crippen molar-refractivity contribution in [2.45, 2.75) is 44.2 Å². The molecule has 122 valence electrons. The van der Waals surface area contributed by atoms with Gasteiger partial charge in [-0.05, 0) is 29.4 Å². The Morgan fingerprint density at radius 2 is 2.14 bits per heavy atom. The van der Waals surface area contributed by atoms with Gasteiger partial charge < -0.3 is 15.4 Å². The van der Waals surface area contributed by atoms with Crippen LogP contribution >= 0.6 is 12.4 Å². The molecule has 0 radical (unpaired) electrons. The Hall–Kier alpha value is -1.10. The standard InChI is InChI=1S/C17H24N2O2.ClH/c1-17(2)8-7-14(12-5-3-4-6-13(12)17)19-16(20)15-11-18-9-10-21-15;/h3-6,14-15,18H,7-11H2,1-2H3,(H,19,20);1H. The van der Waals surface area contributed by atoms with E-state index < -0.39 is 0 Å². The van der Waals surface area contributed by atoms with Gasteiger partial charge in [-0.15, -0.1) is 12.4 Å². The smallest absolute Gasteiger partial charge is 0.250 e. The Balaban J connectivity index is 0.00000176. The second-order valence-electron chi connectivity index (χ2n) is 6.63. The Morgan fingerprint density at radius 3 is 2.86 bits per heavy atom. The minimum Gasteiger partial charge on any atom is -0.366 e. The molecule has 1 aromatic rings. The van der Waals surface area contributed by atoms with Gasteiger partial charge in [-0.25, -0.2) is 0 Å². The van der Waals surface area contributed by atoms with Crippen LogP contribution in [0.3, 0.4) is 0 Å². The van der Waals surface area contributed by atoms with Crippen LogP contribution in [0.2, 0.25) is 0 Å². The van der Waals surface area contributed by atoms with Crippen molar-refractivity contribution in [2.24, 2.45) is 0 Å². The zero-order valence-corrected chi connectivity index (χ0v) is 14.0. The van der Waals surface area contributed by atoms with Crippen LogP contribution in [-0.4, -0.2) is 31.7 Å². The Morgan fingerprint density at radius 1 is 1.36 bits per heavy atom. The van der Waals surface area contributed by atoms with E-state index in [2.05, 4.69) is 48.7 Å². The number of carbonyl (C=O) groups is 1. The molecule has 1 aromatic carbocycles. The summed E-state index contributed by atoms with van der Waals surface area (Å²) in [5, 5.41) is 6.38. The molecule has 1 aliphatic heterocycles. The highest BCUT2D eigenvalue weighted by molar-refractivity contribution is 5.85. The van der Waals surface area contributed by atoms with Gasteiger partial charge in [0, 0.05) is 13.1 Å². The summed E-state index contributed by atoms with van der Waals surface area (Å²) in [6, 6.07) is 8.57. The summed E-state index contributed by atoms with van der Waals surface area (Å²) in [7, 11) is 0. The maximum absolute atomic E-state index is 12.4. The zero-order valence-electron chi connectivity index (χ0n) is 13.2. The quantitative estimate of drug-likeness (QED) is 0.878. The molecule has 0 aromatic heterocycles. The van der Waals surface area contributed by atoms with Crippen molar-refractivity contribution in [3.8, 4) is 0 Å². The van der Waals surface area contributed by atoms with E-state index in [-0.39, 0.29) is 35.9 Å². The number of carbonyl (C=O) groups excluding carboxylic acids is 1. The molecule has 5 heteroatoms. The first kappa shape index (κ1) is 17.3. The minimum atomic E-state index is -0.360. The van der Waals surface area contributed by atoms with Crippen molar-refractivity contribution in [1.29, 1.82) is 0 Å². The summed E-state index contributed by atoms with van der Waals surface area (Å²) < 4.78 is 5.54. The Bertz CT molecular complexity index is 527. The fourth-order valence-corrected chi connectivity index (χ4v) is 3.36. The van der Waals surface area contributed by atoms with Gasteiger partial charge in [-0.1, -0.05) is 38.1 Å². The normalized spacial score (nSPS) is 26.5. The molecule has 0 spiro atoms. The number of rotatable bonds is 2. The average Bonchev–Trinajstić information content (AvgIpc) is 2.51. The van der Waals surface area contributed by atoms with Crippen molar-refractivity contribution in [3.05, 3.63) is 35.4 Å². The fraction of sp³-hybridized carbons (Fsp3) is 0.588. The number of benzene rings is 1. The van der Waals surface area contributed by atoms with Crippen molar-refractivity contribution < 1.29 is 9.53 Å². The van der Waals surface area contributed by atoms with E-state index in [0.717, 1.165) is 19.4 Å². The van der Waals surface area contributed by atoms with E-state index in [4.69, 9.17) is 4.74 Å². The fourth-order valence-electron chi connectivity index (χ4n) is 3.36. The lowest BCUT2D eigenvalue weighted by Crippen LogP contribution is -2.49. The summed E-state index contributed by atoms with van der Waals surface area (Å²) >= 11 is 0. The molecule has 2 N–H and O–H groups in total. The Labute approximate surface area is 138 Å². The highest BCUT2D eigenvalue weighted by atomic mass is 35.5. The third-order valence-electron chi connectivity index (χ3n) is 4.66. The topological polar surface area (TPSA) is 50.4 Å². The highest BCUT2D eigenvalue weighted by Gasteiger charge is 2.34. The number of fused-ring (bicyclic) bond motifs is 1. The van der Waals surface area contributed by atoms with E-state index in [0.29, 0.717) is 13.2 Å². The monoisotopic (exact) mass is 324 g/mol. The van der Waals surface area contributed by atoms with Crippen molar-refractivity contribution in [1.82, 2.24) is 10.6 Å². The van der Waals surface area contributed by atoms with Crippen molar-refractivity contribution >= 4 is 18.3 Å². The van der Waals surface area contributed by atoms with Crippen molar-refractivity contribution in [2.75, 3.05) is 19.7 Å². The van der Waals surface area contributed by atoms with E-state index in [1.165, 1.54) is 11.1 Å². The van der Waals surface area contributed by atoms with Gasteiger partial charge >= 0.3 is 0 Å². The van der Waals surface area contributed by atoms with E-state index in [1.807, 2.05) is 0 Å². The van der Waals surface area contributed by atoms with Gasteiger partial charge in [0.2, 0.25) is 0 Å². The van der Waals surface area contributed by atoms with Gasteiger partial charge in [-0.3, -0.25) is 4.79 Å².